The minimum absolute atomic E-state index is 0.284. The monoisotopic (exact) mass is 275 g/mol. The number of azo groups is 1. The molecule has 20 heavy (non-hydrogen) atoms. The third-order valence-electron chi connectivity index (χ3n) is 5.41. The van der Waals surface area contributed by atoms with Gasteiger partial charge in [-0.3, -0.25) is 0 Å². The van der Waals surface area contributed by atoms with E-state index in [2.05, 4.69) is 23.2 Å². The van der Waals surface area contributed by atoms with Gasteiger partial charge in [0.2, 0.25) is 0 Å². The summed E-state index contributed by atoms with van der Waals surface area (Å²) >= 11 is 0. The lowest BCUT2D eigenvalue weighted by atomic mass is 9.77. The third-order valence-corrected chi connectivity index (χ3v) is 5.41. The molecule has 0 aromatic carbocycles. The molecule has 0 amide bonds. The highest BCUT2D eigenvalue weighted by atomic mass is 15.2. The molecule has 2 atom stereocenters. The quantitative estimate of drug-likeness (QED) is 0.645. The summed E-state index contributed by atoms with van der Waals surface area (Å²) in [6.07, 6.45) is 12.7. The standard InChI is InChI=1S/C17H29N3/c1-14(15-9-5-3-6-10-15)19-20-17(2,13-18)16-11-7-4-8-12-16/h14-16H,3-12H2,1-2H3. The largest absolute Gasteiger partial charge is 0.196 e. The van der Waals surface area contributed by atoms with Gasteiger partial charge in [0, 0.05) is 0 Å². The van der Waals surface area contributed by atoms with Gasteiger partial charge in [-0.1, -0.05) is 38.5 Å². The predicted octanol–water partition coefficient (Wildman–Crippen LogP) is 5.27. The summed E-state index contributed by atoms with van der Waals surface area (Å²) in [5.74, 6) is 1.09. The van der Waals surface area contributed by atoms with E-state index in [1.54, 1.807) is 0 Å². The molecular formula is C17H29N3. The van der Waals surface area contributed by atoms with Crippen LogP contribution in [0.4, 0.5) is 0 Å². The number of hydrogen-bond donors (Lipinski definition) is 0. The van der Waals surface area contributed by atoms with Crippen molar-refractivity contribution < 1.29 is 0 Å². The van der Waals surface area contributed by atoms with E-state index in [4.69, 9.17) is 0 Å². The van der Waals surface area contributed by atoms with Gasteiger partial charge in [0.25, 0.3) is 0 Å². The average molecular weight is 275 g/mol. The molecule has 2 unspecified atom stereocenters. The zero-order valence-electron chi connectivity index (χ0n) is 13.1. The Hall–Kier alpha value is -0.910. The van der Waals surface area contributed by atoms with E-state index in [1.165, 1.54) is 51.4 Å². The van der Waals surface area contributed by atoms with E-state index < -0.39 is 5.54 Å². The van der Waals surface area contributed by atoms with Crippen LogP contribution in [0, 0.1) is 23.2 Å². The fourth-order valence-electron chi connectivity index (χ4n) is 3.78. The Morgan fingerprint density at radius 2 is 1.55 bits per heavy atom. The van der Waals surface area contributed by atoms with E-state index in [9.17, 15) is 5.26 Å². The molecule has 2 saturated carbocycles. The minimum Gasteiger partial charge on any atom is -0.196 e. The number of nitriles is 1. The highest BCUT2D eigenvalue weighted by molar-refractivity contribution is 5.08. The van der Waals surface area contributed by atoms with Crippen LogP contribution in [0.5, 0.6) is 0 Å². The van der Waals surface area contributed by atoms with Crippen LogP contribution in [0.3, 0.4) is 0 Å². The Morgan fingerprint density at radius 3 is 2.10 bits per heavy atom. The summed E-state index contributed by atoms with van der Waals surface area (Å²) < 4.78 is 0. The van der Waals surface area contributed by atoms with Gasteiger partial charge in [0.05, 0.1) is 12.1 Å². The summed E-state index contributed by atoms with van der Waals surface area (Å²) in [6.45, 7) is 4.16. The second-order valence-corrected chi connectivity index (χ2v) is 6.95. The van der Waals surface area contributed by atoms with Crippen molar-refractivity contribution in [3.8, 4) is 6.07 Å². The van der Waals surface area contributed by atoms with Crippen LogP contribution in [0.1, 0.15) is 78.1 Å². The highest BCUT2D eigenvalue weighted by Crippen LogP contribution is 2.36. The van der Waals surface area contributed by atoms with Gasteiger partial charge in [-0.05, 0) is 51.4 Å². The molecule has 0 aromatic rings. The first kappa shape index (κ1) is 15.5. The molecule has 2 rings (SSSR count). The molecule has 2 aliphatic carbocycles. The van der Waals surface area contributed by atoms with Crippen molar-refractivity contribution in [3.05, 3.63) is 0 Å². The summed E-state index contributed by atoms with van der Waals surface area (Å²) in [4.78, 5) is 0. The zero-order valence-corrected chi connectivity index (χ0v) is 13.1. The molecule has 0 bridgehead atoms. The fourth-order valence-corrected chi connectivity index (χ4v) is 3.78. The van der Waals surface area contributed by atoms with Gasteiger partial charge in [0.15, 0.2) is 5.54 Å². The van der Waals surface area contributed by atoms with Gasteiger partial charge in [-0.2, -0.15) is 15.5 Å². The van der Waals surface area contributed by atoms with Crippen LogP contribution in [0.25, 0.3) is 0 Å². The summed E-state index contributed by atoms with van der Waals surface area (Å²) in [5.41, 5.74) is -0.594. The molecule has 0 radical (unpaired) electrons. The second-order valence-electron chi connectivity index (χ2n) is 6.95. The first-order valence-corrected chi connectivity index (χ1v) is 8.49. The molecule has 0 spiro atoms. The van der Waals surface area contributed by atoms with Gasteiger partial charge in [-0.25, -0.2) is 0 Å². The van der Waals surface area contributed by atoms with Crippen molar-refractivity contribution in [2.24, 2.45) is 22.1 Å². The maximum Gasteiger partial charge on any atom is 0.167 e. The first-order valence-electron chi connectivity index (χ1n) is 8.49. The van der Waals surface area contributed by atoms with Gasteiger partial charge in [-0.15, -0.1) is 0 Å². The van der Waals surface area contributed by atoms with Crippen molar-refractivity contribution in [2.45, 2.75) is 89.6 Å². The summed E-state index contributed by atoms with van der Waals surface area (Å²) in [5, 5.41) is 18.7. The van der Waals surface area contributed by atoms with Crippen molar-refractivity contribution in [3.63, 3.8) is 0 Å². The summed E-state index contributed by atoms with van der Waals surface area (Å²) in [7, 11) is 0. The molecule has 2 aliphatic rings. The molecule has 3 nitrogen and oxygen atoms in total. The number of hydrogen-bond acceptors (Lipinski definition) is 3. The number of rotatable bonds is 4. The van der Waals surface area contributed by atoms with Crippen molar-refractivity contribution in [2.75, 3.05) is 0 Å². The first-order chi connectivity index (χ1) is 9.65. The molecule has 0 N–H and O–H groups in total. The lowest BCUT2D eigenvalue weighted by Gasteiger charge is -2.31. The normalized spacial score (nSPS) is 27.1. The van der Waals surface area contributed by atoms with Crippen LogP contribution in [-0.2, 0) is 0 Å². The average Bonchev–Trinajstić information content (AvgIpc) is 2.54. The maximum atomic E-state index is 9.56. The molecule has 2 fully saturated rings. The van der Waals surface area contributed by atoms with Crippen molar-refractivity contribution in [1.82, 2.24) is 0 Å². The third kappa shape index (κ3) is 3.81. The van der Waals surface area contributed by atoms with Crippen LogP contribution in [0.15, 0.2) is 10.2 Å². The topological polar surface area (TPSA) is 48.5 Å². The van der Waals surface area contributed by atoms with E-state index >= 15 is 0 Å². The van der Waals surface area contributed by atoms with Crippen LogP contribution >= 0.6 is 0 Å². The van der Waals surface area contributed by atoms with E-state index in [0.29, 0.717) is 11.8 Å². The van der Waals surface area contributed by atoms with Gasteiger partial charge >= 0.3 is 0 Å². The fraction of sp³-hybridized carbons (Fsp3) is 0.941. The second kappa shape index (κ2) is 7.20. The predicted molar refractivity (Wildman–Crippen MR) is 81.5 cm³/mol. The van der Waals surface area contributed by atoms with Crippen LogP contribution < -0.4 is 0 Å². The van der Waals surface area contributed by atoms with Crippen molar-refractivity contribution in [1.29, 1.82) is 5.26 Å². The zero-order chi connectivity index (χ0) is 14.4. The Labute approximate surface area is 123 Å². The molecule has 112 valence electrons. The van der Waals surface area contributed by atoms with Crippen molar-refractivity contribution >= 4 is 0 Å². The smallest absolute Gasteiger partial charge is 0.167 e. The Bertz CT molecular complexity index is 359. The number of nitrogens with zero attached hydrogens (tertiary/aromatic N) is 3. The lowest BCUT2D eigenvalue weighted by molar-refractivity contribution is 0.252. The molecule has 0 heterocycles. The van der Waals surface area contributed by atoms with E-state index in [-0.39, 0.29) is 6.04 Å². The van der Waals surface area contributed by atoms with Crippen LogP contribution in [0.2, 0.25) is 0 Å². The molecule has 0 aromatic heterocycles. The van der Waals surface area contributed by atoms with Crippen LogP contribution in [-0.4, -0.2) is 11.6 Å². The van der Waals surface area contributed by atoms with E-state index in [1.807, 2.05) is 6.92 Å². The SMILES string of the molecule is CC(N=NC(C)(C#N)C1CCCCC1)C1CCCCC1. The van der Waals surface area contributed by atoms with Gasteiger partial charge in [0.1, 0.15) is 0 Å². The Morgan fingerprint density at radius 1 is 1.00 bits per heavy atom. The molecular weight excluding hydrogens is 246 g/mol. The van der Waals surface area contributed by atoms with E-state index in [0.717, 1.165) is 12.8 Å². The summed E-state index contributed by atoms with van der Waals surface area (Å²) in [6, 6.07) is 2.73. The van der Waals surface area contributed by atoms with Gasteiger partial charge < -0.3 is 0 Å². The highest BCUT2D eigenvalue weighted by Gasteiger charge is 2.35. The Kier molecular flexibility index (Phi) is 5.57. The molecule has 3 heteroatoms. The molecule has 0 saturated heterocycles. The lowest BCUT2D eigenvalue weighted by Crippen LogP contribution is -2.33. The minimum atomic E-state index is -0.594. The maximum absolute atomic E-state index is 9.56. The Balaban J connectivity index is 1.96. The molecule has 0 aliphatic heterocycles.